The zero-order valence-corrected chi connectivity index (χ0v) is 11.2. The van der Waals surface area contributed by atoms with E-state index in [-0.39, 0.29) is 23.2 Å². The summed E-state index contributed by atoms with van der Waals surface area (Å²) in [6.07, 6.45) is 4.35. The molecular weight excluding hydrogens is 247 g/mol. The van der Waals surface area contributed by atoms with Crippen molar-refractivity contribution in [1.29, 1.82) is 0 Å². The number of halogens is 1. The Labute approximate surface area is 112 Å². The van der Waals surface area contributed by atoms with Crippen molar-refractivity contribution in [2.24, 2.45) is 0 Å². The maximum absolute atomic E-state index is 13.9. The monoisotopic (exact) mass is 266 g/mol. The molecule has 1 heterocycles. The van der Waals surface area contributed by atoms with Crippen LogP contribution in [0.5, 0.6) is 5.75 Å². The summed E-state index contributed by atoms with van der Waals surface area (Å²) < 4.78 is 24.4. The predicted molar refractivity (Wildman–Crippen MR) is 70.1 cm³/mol. The van der Waals surface area contributed by atoms with Gasteiger partial charge in [0.25, 0.3) is 0 Å². The topological polar surface area (TPSA) is 35.5 Å². The van der Waals surface area contributed by atoms with Crippen LogP contribution in [0.25, 0.3) is 0 Å². The summed E-state index contributed by atoms with van der Waals surface area (Å²) in [5.74, 6) is -0.648. The fraction of sp³-hybridized carbons (Fsp3) is 0.533. The molecule has 1 aromatic carbocycles. The van der Waals surface area contributed by atoms with Crippen LogP contribution in [0.15, 0.2) is 18.2 Å². The second-order valence-corrected chi connectivity index (χ2v) is 4.77. The lowest BCUT2D eigenvalue weighted by atomic mass is 10.00. The Morgan fingerprint density at radius 2 is 2.32 bits per heavy atom. The van der Waals surface area contributed by atoms with Crippen LogP contribution in [0.3, 0.4) is 0 Å². The third-order valence-electron chi connectivity index (χ3n) is 3.45. The lowest BCUT2D eigenvalue weighted by molar-refractivity contribution is 0.0104. The van der Waals surface area contributed by atoms with Gasteiger partial charge < -0.3 is 9.47 Å². The molecule has 0 aromatic heterocycles. The van der Waals surface area contributed by atoms with Gasteiger partial charge in [-0.3, -0.25) is 4.79 Å². The van der Waals surface area contributed by atoms with Crippen LogP contribution in [0.4, 0.5) is 4.39 Å². The van der Waals surface area contributed by atoms with Gasteiger partial charge in [0.1, 0.15) is 0 Å². The van der Waals surface area contributed by atoms with E-state index < -0.39 is 5.82 Å². The molecule has 1 aliphatic rings. The van der Waals surface area contributed by atoms with Gasteiger partial charge in [-0.1, -0.05) is 6.07 Å². The van der Waals surface area contributed by atoms with E-state index in [0.717, 1.165) is 25.9 Å². The summed E-state index contributed by atoms with van der Waals surface area (Å²) in [6, 6.07) is 4.64. The molecule has 1 saturated heterocycles. The molecule has 1 aliphatic heterocycles. The number of rotatable bonds is 5. The van der Waals surface area contributed by atoms with E-state index in [2.05, 4.69) is 0 Å². The van der Waals surface area contributed by atoms with Crippen LogP contribution >= 0.6 is 0 Å². The third-order valence-corrected chi connectivity index (χ3v) is 3.45. The molecule has 4 heteroatoms. The molecule has 0 aliphatic carbocycles. The molecule has 2 rings (SSSR count). The van der Waals surface area contributed by atoms with Crippen molar-refractivity contribution >= 4 is 5.78 Å². The summed E-state index contributed by atoms with van der Waals surface area (Å²) in [6.45, 7) is 0.770. The van der Waals surface area contributed by atoms with E-state index in [9.17, 15) is 9.18 Å². The fourth-order valence-corrected chi connectivity index (χ4v) is 2.35. The summed E-state index contributed by atoms with van der Waals surface area (Å²) in [7, 11) is 1.39. The van der Waals surface area contributed by atoms with Crippen molar-refractivity contribution in [2.75, 3.05) is 13.7 Å². The Bertz CT molecular complexity index is 439. The zero-order valence-electron chi connectivity index (χ0n) is 11.2. The molecule has 0 N–H and O–H groups in total. The molecule has 0 amide bonds. The highest BCUT2D eigenvalue weighted by Gasteiger charge is 2.19. The van der Waals surface area contributed by atoms with Crippen LogP contribution in [0.1, 0.15) is 42.5 Å². The van der Waals surface area contributed by atoms with Crippen molar-refractivity contribution in [3.05, 3.63) is 29.6 Å². The van der Waals surface area contributed by atoms with Gasteiger partial charge in [0, 0.05) is 13.0 Å². The summed E-state index contributed by atoms with van der Waals surface area (Å²) in [5, 5.41) is 0. The van der Waals surface area contributed by atoms with Gasteiger partial charge in [-0.25, -0.2) is 4.39 Å². The predicted octanol–water partition coefficient (Wildman–Crippen LogP) is 3.37. The number of ether oxygens (including phenoxy) is 2. The van der Waals surface area contributed by atoms with E-state index in [4.69, 9.17) is 9.47 Å². The average molecular weight is 266 g/mol. The molecule has 104 valence electrons. The van der Waals surface area contributed by atoms with E-state index in [1.807, 2.05) is 0 Å². The number of carbonyl (C=O) groups is 1. The average Bonchev–Trinajstić information content (AvgIpc) is 2.46. The van der Waals surface area contributed by atoms with Crippen molar-refractivity contribution in [2.45, 2.75) is 38.2 Å². The van der Waals surface area contributed by atoms with Gasteiger partial charge in [-0.05, 0) is 37.8 Å². The minimum absolute atomic E-state index is 0.107. The van der Waals surface area contributed by atoms with Crippen molar-refractivity contribution in [3.8, 4) is 5.75 Å². The fourth-order valence-electron chi connectivity index (χ4n) is 2.35. The first-order valence-corrected chi connectivity index (χ1v) is 6.69. The molecule has 3 nitrogen and oxygen atoms in total. The molecule has 0 spiro atoms. The number of ketones is 1. The smallest absolute Gasteiger partial charge is 0.175 e. The Kier molecular flexibility index (Phi) is 4.91. The molecular formula is C15H19FO3. The van der Waals surface area contributed by atoms with Gasteiger partial charge in [0.05, 0.1) is 18.8 Å². The molecule has 1 unspecified atom stereocenters. The number of benzene rings is 1. The summed E-state index contributed by atoms with van der Waals surface area (Å²) >= 11 is 0. The van der Waals surface area contributed by atoms with Crippen molar-refractivity contribution < 1.29 is 18.7 Å². The molecule has 0 bridgehead atoms. The lowest BCUT2D eigenvalue weighted by Gasteiger charge is -2.22. The van der Waals surface area contributed by atoms with Crippen LogP contribution in [-0.2, 0) is 4.74 Å². The van der Waals surface area contributed by atoms with Crippen molar-refractivity contribution in [3.63, 3.8) is 0 Å². The first-order valence-electron chi connectivity index (χ1n) is 6.69. The Morgan fingerprint density at radius 1 is 1.47 bits per heavy atom. The van der Waals surface area contributed by atoms with Gasteiger partial charge in [0.2, 0.25) is 0 Å². The molecule has 0 radical (unpaired) electrons. The second-order valence-electron chi connectivity index (χ2n) is 4.77. The minimum atomic E-state index is -0.570. The number of carbonyl (C=O) groups excluding carboxylic acids is 1. The van der Waals surface area contributed by atoms with Crippen molar-refractivity contribution in [1.82, 2.24) is 0 Å². The highest BCUT2D eigenvalue weighted by molar-refractivity contribution is 5.96. The molecule has 0 saturated carbocycles. The molecule has 1 atom stereocenters. The largest absolute Gasteiger partial charge is 0.494 e. The van der Waals surface area contributed by atoms with E-state index >= 15 is 0 Å². The quantitative estimate of drug-likeness (QED) is 0.766. The number of methoxy groups -OCH3 is 1. The lowest BCUT2D eigenvalue weighted by Crippen LogP contribution is -2.20. The first kappa shape index (κ1) is 14.0. The molecule has 1 fully saturated rings. The van der Waals surface area contributed by atoms with Gasteiger partial charge >= 0.3 is 0 Å². The highest BCUT2D eigenvalue weighted by atomic mass is 19.1. The second kappa shape index (κ2) is 6.66. The summed E-state index contributed by atoms with van der Waals surface area (Å²) in [4.78, 5) is 12.0. The van der Waals surface area contributed by atoms with Crippen LogP contribution in [-0.4, -0.2) is 25.6 Å². The zero-order chi connectivity index (χ0) is 13.7. The number of hydrogen-bond donors (Lipinski definition) is 0. The van der Waals surface area contributed by atoms with Gasteiger partial charge in [-0.15, -0.1) is 0 Å². The Balaban J connectivity index is 1.95. The third kappa shape index (κ3) is 3.53. The van der Waals surface area contributed by atoms with E-state index in [1.54, 1.807) is 6.07 Å². The SMILES string of the molecule is COc1cccc(C(=O)CCC2CCCCO2)c1F. The molecule has 1 aromatic rings. The Morgan fingerprint density at radius 3 is 3.00 bits per heavy atom. The van der Waals surface area contributed by atoms with E-state index in [1.165, 1.54) is 19.2 Å². The summed E-state index contributed by atoms with van der Waals surface area (Å²) in [5.41, 5.74) is 0.107. The minimum Gasteiger partial charge on any atom is -0.494 e. The van der Waals surface area contributed by atoms with Crippen LogP contribution in [0, 0.1) is 5.82 Å². The Hall–Kier alpha value is -1.42. The van der Waals surface area contributed by atoms with Gasteiger partial charge in [0.15, 0.2) is 17.3 Å². The first-order chi connectivity index (χ1) is 9.22. The van der Waals surface area contributed by atoms with Crippen LogP contribution in [0.2, 0.25) is 0 Å². The number of hydrogen-bond acceptors (Lipinski definition) is 3. The number of Topliss-reactive ketones (excluding diaryl/α,β-unsaturated/α-hetero) is 1. The van der Waals surface area contributed by atoms with Crippen LogP contribution < -0.4 is 4.74 Å². The van der Waals surface area contributed by atoms with Gasteiger partial charge in [-0.2, -0.15) is 0 Å². The maximum Gasteiger partial charge on any atom is 0.175 e. The normalized spacial score (nSPS) is 19.2. The standard InChI is InChI=1S/C15H19FO3/c1-18-14-7-4-6-12(15(14)16)13(17)9-8-11-5-2-3-10-19-11/h4,6-7,11H,2-3,5,8-10H2,1H3. The molecule has 19 heavy (non-hydrogen) atoms. The maximum atomic E-state index is 13.9. The van der Waals surface area contributed by atoms with E-state index in [0.29, 0.717) is 12.8 Å². The highest BCUT2D eigenvalue weighted by Crippen LogP contribution is 2.23.